The van der Waals surface area contributed by atoms with Crippen molar-refractivity contribution in [1.29, 1.82) is 0 Å². The van der Waals surface area contributed by atoms with Crippen molar-refractivity contribution in [2.75, 3.05) is 0 Å². The number of aromatic nitrogens is 2. The molecule has 76 valence electrons. The summed E-state index contributed by atoms with van der Waals surface area (Å²) in [6.45, 7) is 4.22. The molecule has 14 heavy (non-hydrogen) atoms. The van der Waals surface area contributed by atoms with Gasteiger partial charge in [-0.05, 0) is 12.8 Å². The van der Waals surface area contributed by atoms with Crippen LogP contribution in [0.5, 0.6) is 0 Å². The Bertz CT molecular complexity index is 404. The van der Waals surface area contributed by atoms with Crippen LogP contribution >= 0.6 is 0 Å². The van der Waals surface area contributed by atoms with E-state index in [1.807, 2.05) is 0 Å². The van der Waals surface area contributed by atoms with Gasteiger partial charge in [0.2, 0.25) is 0 Å². The van der Waals surface area contributed by atoms with Gasteiger partial charge >= 0.3 is 5.97 Å². The number of carbonyl (C=O) groups is 1. The lowest BCUT2D eigenvalue weighted by atomic mass is 9.91. The number of aromatic carboxylic acids is 1. The molecule has 1 aliphatic rings. The highest BCUT2D eigenvalue weighted by Gasteiger charge is 2.37. The van der Waals surface area contributed by atoms with Crippen LogP contribution in [0.3, 0.4) is 0 Å². The molecule has 0 aromatic carbocycles. The average Bonchev–Trinajstić information content (AvgIpc) is 2.50. The normalized spacial score (nSPS) is 18.2. The first-order valence-electron chi connectivity index (χ1n) is 4.73. The molecule has 4 heteroatoms. The lowest BCUT2D eigenvalue weighted by Gasteiger charge is -2.15. The second-order valence-electron chi connectivity index (χ2n) is 4.49. The van der Waals surface area contributed by atoms with E-state index in [2.05, 4.69) is 18.9 Å². The standard InChI is InChI=1S/C10H14N2O2/c1-10(2)5-4-6-7(9(13)14)12(3)11-8(6)10/h4-5H2,1-3H3,(H,13,14). The molecule has 4 nitrogen and oxygen atoms in total. The molecule has 1 heterocycles. The fraction of sp³-hybridized carbons (Fsp3) is 0.600. The van der Waals surface area contributed by atoms with Crippen LogP contribution in [0.4, 0.5) is 0 Å². The van der Waals surface area contributed by atoms with Gasteiger partial charge in [0, 0.05) is 18.0 Å². The number of rotatable bonds is 1. The number of hydrogen-bond donors (Lipinski definition) is 1. The molecule has 0 saturated carbocycles. The molecule has 1 N–H and O–H groups in total. The second-order valence-corrected chi connectivity index (χ2v) is 4.49. The number of hydrogen-bond acceptors (Lipinski definition) is 2. The van der Waals surface area contributed by atoms with Crippen molar-refractivity contribution in [2.45, 2.75) is 32.1 Å². The Morgan fingerprint density at radius 2 is 2.21 bits per heavy atom. The first-order chi connectivity index (χ1) is 6.43. The number of carboxylic acids is 1. The lowest BCUT2D eigenvalue weighted by molar-refractivity contribution is 0.0683. The maximum Gasteiger partial charge on any atom is 0.354 e. The van der Waals surface area contributed by atoms with Crippen molar-refractivity contribution in [1.82, 2.24) is 9.78 Å². The van der Waals surface area contributed by atoms with Crippen LogP contribution in [0.2, 0.25) is 0 Å². The summed E-state index contributed by atoms with van der Waals surface area (Å²) in [6.07, 6.45) is 1.82. The van der Waals surface area contributed by atoms with E-state index < -0.39 is 5.97 Å². The summed E-state index contributed by atoms with van der Waals surface area (Å²) in [4.78, 5) is 11.0. The molecule has 1 aliphatic carbocycles. The zero-order valence-corrected chi connectivity index (χ0v) is 8.66. The molecular formula is C10H14N2O2. The van der Waals surface area contributed by atoms with Crippen LogP contribution in [0.25, 0.3) is 0 Å². The molecule has 0 aliphatic heterocycles. The maximum atomic E-state index is 11.0. The Morgan fingerprint density at radius 3 is 2.79 bits per heavy atom. The fourth-order valence-electron chi connectivity index (χ4n) is 2.17. The van der Waals surface area contributed by atoms with Crippen LogP contribution in [-0.2, 0) is 18.9 Å². The molecule has 0 fully saturated rings. The third-order valence-electron chi connectivity index (χ3n) is 2.99. The summed E-state index contributed by atoms with van der Waals surface area (Å²) in [7, 11) is 1.69. The van der Waals surface area contributed by atoms with E-state index in [1.165, 1.54) is 4.68 Å². The van der Waals surface area contributed by atoms with Crippen molar-refractivity contribution in [3.63, 3.8) is 0 Å². The van der Waals surface area contributed by atoms with Gasteiger partial charge in [-0.2, -0.15) is 5.10 Å². The van der Waals surface area contributed by atoms with E-state index in [0.29, 0.717) is 5.69 Å². The monoisotopic (exact) mass is 194 g/mol. The molecule has 1 aromatic heterocycles. The Morgan fingerprint density at radius 1 is 1.57 bits per heavy atom. The summed E-state index contributed by atoms with van der Waals surface area (Å²) in [5, 5.41) is 13.3. The van der Waals surface area contributed by atoms with Gasteiger partial charge < -0.3 is 5.11 Å². The third-order valence-corrected chi connectivity index (χ3v) is 2.99. The predicted octanol–water partition coefficient (Wildman–Crippen LogP) is 1.34. The largest absolute Gasteiger partial charge is 0.477 e. The number of nitrogens with zero attached hydrogens (tertiary/aromatic N) is 2. The van der Waals surface area contributed by atoms with Crippen molar-refractivity contribution in [3.05, 3.63) is 17.0 Å². The van der Waals surface area contributed by atoms with Gasteiger partial charge in [0.05, 0.1) is 5.69 Å². The molecule has 0 atom stereocenters. The van der Waals surface area contributed by atoms with E-state index in [4.69, 9.17) is 5.11 Å². The van der Waals surface area contributed by atoms with Crippen molar-refractivity contribution >= 4 is 5.97 Å². The van der Waals surface area contributed by atoms with E-state index in [0.717, 1.165) is 24.1 Å². The molecular weight excluding hydrogens is 180 g/mol. The minimum absolute atomic E-state index is 0.0286. The van der Waals surface area contributed by atoms with Crippen molar-refractivity contribution < 1.29 is 9.90 Å². The van der Waals surface area contributed by atoms with Gasteiger partial charge in [0.1, 0.15) is 5.69 Å². The summed E-state index contributed by atoms with van der Waals surface area (Å²) in [6, 6.07) is 0. The van der Waals surface area contributed by atoms with E-state index in [9.17, 15) is 4.79 Å². The van der Waals surface area contributed by atoms with Gasteiger partial charge in [-0.25, -0.2) is 4.79 Å². The van der Waals surface area contributed by atoms with Crippen LogP contribution < -0.4 is 0 Å². The average molecular weight is 194 g/mol. The Balaban J connectivity index is 2.63. The molecule has 0 radical (unpaired) electrons. The van der Waals surface area contributed by atoms with E-state index >= 15 is 0 Å². The van der Waals surface area contributed by atoms with Crippen LogP contribution in [-0.4, -0.2) is 20.9 Å². The highest BCUT2D eigenvalue weighted by atomic mass is 16.4. The molecule has 1 aromatic rings. The summed E-state index contributed by atoms with van der Waals surface area (Å²) < 4.78 is 1.48. The first-order valence-corrected chi connectivity index (χ1v) is 4.73. The quantitative estimate of drug-likeness (QED) is 0.734. The molecule has 0 saturated heterocycles. The Kier molecular flexibility index (Phi) is 1.71. The first kappa shape index (κ1) is 9.24. The zero-order chi connectivity index (χ0) is 10.5. The Labute approximate surface area is 82.5 Å². The summed E-state index contributed by atoms with van der Waals surface area (Å²) in [5.74, 6) is -0.876. The zero-order valence-electron chi connectivity index (χ0n) is 8.66. The maximum absolute atomic E-state index is 11.0. The fourth-order valence-corrected chi connectivity index (χ4v) is 2.17. The summed E-state index contributed by atoms with van der Waals surface area (Å²) >= 11 is 0. The smallest absolute Gasteiger partial charge is 0.354 e. The Hall–Kier alpha value is -1.32. The molecule has 0 spiro atoms. The highest BCUT2D eigenvalue weighted by Crippen LogP contribution is 2.38. The van der Waals surface area contributed by atoms with Crippen LogP contribution in [0.1, 0.15) is 42.0 Å². The second kappa shape index (κ2) is 2.59. The van der Waals surface area contributed by atoms with Crippen LogP contribution in [0.15, 0.2) is 0 Å². The SMILES string of the molecule is Cn1nc2c(c1C(=O)O)CCC2(C)C. The van der Waals surface area contributed by atoms with Gasteiger partial charge in [-0.15, -0.1) is 0 Å². The topological polar surface area (TPSA) is 55.1 Å². The minimum atomic E-state index is -0.876. The molecule has 0 unspecified atom stereocenters. The van der Waals surface area contributed by atoms with Crippen molar-refractivity contribution in [3.8, 4) is 0 Å². The highest BCUT2D eigenvalue weighted by molar-refractivity contribution is 5.88. The molecule has 0 amide bonds. The van der Waals surface area contributed by atoms with E-state index in [-0.39, 0.29) is 5.41 Å². The van der Waals surface area contributed by atoms with Gasteiger partial charge in [-0.1, -0.05) is 13.8 Å². The third kappa shape index (κ3) is 1.06. The predicted molar refractivity (Wildman–Crippen MR) is 51.5 cm³/mol. The lowest BCUT2D eigenvalue weighted by Crippen LogP contribution is -2.14. The van der Waals surface area contributed by atoms with Gasteiger partial charge in [0.25, 0.3) is 0 Å². The number of aryl methyl sites for hydroxylation is 1. The van der Waals surface area contributed by atoms with E-state index in [1.54, 1.807) is 7.05 Å². The van der Waals surface area contributed by atoms with Crippen LogP contribution in [0, 0.1) is 0 Å². The number of carboxylic acid groups (broad SMARTS) is 1. The molecule has 0 bridgehead atoms. The minimum Gasteiger partial charge on any atom is -0.477 e. The summed E-state index contributed by atoms with van der Waals surface area (Å²) in [5.41, 5.74) is 2.26. The molecule has 2 rings (SSSR count). The number of fused-ring (bicyclic) bond motifs is 1. The van der Waals surface area contributed by atoms with Crippen molar-refractivity contribution in [2.24, 2.45) is 7.05 Å². The van der Waals surface area contributed by atoms with Gasteiger partial charge in [0.15, 0.2) is 0 Å². The van der Waals surface area contributed by atoms with Gasteiger partial charge in [-0.3, -0.25) is 4.68 Å².